The summed E-state index contributed by atoms with van der Waals surface area (Å²) >= 11 is 0. The van der Waals surface area contributed by atoms with Crippen molar-refractivity contribution in [1.82, 2.24) is 9.78 Å². The number of aromatic nitrogens is 2. The summed E-state index contributed by atoms with van der Waals surface area (Å²) in [7, 11) is 1.19. The van der Waals surface area contributed by atoms with Crippen molar-refractivity contribution >= 4 is 23.5 Å². The monoisotopic (exact) mass is 297 g/mol. The lowest BCUT2D eigenvalue weighted by molar-refractivity contribution is -0.142. The Balaban J connectivity index is 3.05. The number of hydrogen-bond donors (Lipinski definition) is 1. The average molecular weight is 297 g/mol. The molecule has 0 radical (unpaired) electrons. The minimum absolute atomic E-state index is 0.162. The normalized spacial score (nSPS) is 10.1. The highest BCUT2D eigenvalue weighted by atomic mass is 16.5. The van der Waals surface area contributed by atoms with Gasteiger partial charge in [0, 0.05) is 6.54 Å². The van der Waals surface area contributed by atoms with Crippen LogP contribution >= 0.6 is 0 Å². The van der Waals surface area contributed by atoms with Crippen LogP contribution in [0.3, 0.4) is 0 Å². The predicted molar refractivity (Wildman–Crippen MR) is 73.9 cm³/mol. The van der Waals surface area contributed by atoms with Gasteiger partial charge in [0.25, 0.3) is 0 Å². The van der Waals surface area contributed by atoms with E-state index in [1.165, 1.54) is 11.8 Å². The summed E-state index contributed by atoms with van der Waals surface area (Å²) in [5.74, 6) is -1.81. The van der Waals surface area contributed by atoms with Crippen molar-refractivity contribution in [2.75, 3.05) is 19.0 Å². The van der Waals surface area contributed by atoms with Gasteiger partial charge in [-0.25, -0.2) is 4.79 Å². The van der Waals surface area contributed by atoms with Crippen LogP contribution in [0.1, 0.15) is 36.5 Å². The maximum absolute atomic E-state index is 12.0. The van der Waals surface area contributed by atoms with Crippen LogP contribution in [0.15, 0.2) is 0 Å². The van der Waals surface area contributed by atoms with Gasteiger partial charge in [0.15, 0.2) is 5.69 Å². The molecule has 0 bridgehead atoms. The van der Waals surface area contributed by atoms with E-state index >= 15 is 0 Å². The molecule has 0 aliphatic rings. The van der Waals surface area contributed by atoms with Gasteiger partial charge in [-0.3, -0.25) is 14.3 Å². The van der Waals surface area contributed by atoms with Gasteiger partial charge >= 0.3 is 11.9 Å². The number of rotatable bonds is 6. The summed E-state index contributed by atoms with van der Waals surface area (Å²) in [6, 6.07) is 0. The molecule has 0 unspecified atom stereocenters. The van der Waals surface area contributed by atoms with E-state index < -0.39 is 24.3 Å². The van der Waals surface area contributed by atoms with Gasteiger partial charge in [0.1, 0.15) is 6.42 Å². The van der Waals surface area contributed by atoms with E-state index in [0.717, 1.165) is 0 Å². The molecule has 0 aromatic carbocycles. The largest absolute Gasteiger partial charge is 0.469 e. The summed E-state index contributed by atoms with van der Waals surface area (Å²) in [6.07, 6.45) is -0.435. The highest BCUT2D eigenvalue weighted by Gasteiger charge is 2.24. The zero-order chi connectivity index (χ0) is 16.0. The minimum Gasteiger partial charge on any atom is -0.469 e. The van der Waals surface area contributed by atoms with Gasteiger partial charge in [0.2, 0.25) is 5.91 Å². The summed E-state index contributed by atoms with van der Waals surface area (Å²) in [4.78, 5) is 34.8. The Hall–Kier alpha value is -2.38. The van der Waals surface area contributed by atoms with Crippen LogP contribution in [0.5, 0.6) is 0 Å². The van der Waals surface area contributed by atoms with E-state index in [1.807, 2.05) is 6.92 Å². The summed E-state index contributed by atoms with van der Waals surface area (Å²) < 4.78 is 10.8. The molecule has 0 atom stereocenters. The number of methoxy groups -OCH3 is 1. The Morgan fingerprint density at radius 3 is 2.48 bits per heavy atom. The molecule has 8 heteroatoms. The topological polar surface area (TPSA) is 99.5 Å². The predicted octanol–water partition coefficient (Wildman–Crippen LogP) is 0.890. The molecule has 1 rings (SSSR count). The molecule has 0 aliphatic heterocycles. The van der Waals surface area contributed by atoms with Crippen molar-refractivity contribution in [3.63, 3.8) is 0 Å². The first kappa shape index (κ1) is 16.7. The number of esters is 2. The van der Waals surface area contributed by atoms with Gasteiger partial charge in [-0.1, -0.05) is 0 Å². The molecule has 1 amide bonds. The molecule has 1 heterocycles. The molecule has 8 nitrogen and oxygen atoms in total. The second-order valence-corrected chi connectivity index (χ2v) is 4.15. The standard InChI is InChI=1S/C13H19N3O5/c1-5-16-12(13(19)21-6-2)11(8(3)15-16)14-9(17)7-10(18)20-4/h5-7H2,1-4H3,(H,14,17). The lowest BCUT2D eigenvalue weighted by Gasteiger charge is -2.08. The van der Waals surface area contributed by atoms with Crippen LogP contribution in [0.4, 0.5) is 5.69 Å². The van der Waals surface area contributed by atoms with Crippen molar-refractivity contribution in [3.05, 3.63) is 11.4 Å². The minimum atomic E-state index is -0.661. The van der Waals surface area contributed by atoms with Crippen LogP contribution < -0.4 is 5.32 Å². The Bertz CT molecular complexity index is 550. The number of carbonyl (C=O) groups is 3. The second-order valence-electron chi connectivity index (χ2n) is 4.15. The SMILES string of the molecule is CCOC(=O)c1c(NC(=O)CC(=O)OC)c(C)nn1CC. The fourth-order valence-electron chi connectivity index (χ4n) is 1.75. The van der Waals surface area contributed by atoms with Crippen LogP contribution in [0.25, 0.3) is 0 Å². The maximum Gasteiger partial charge on any atom is 0.358 e. The first-order valence-electron chi connectivity index (χ1n) is 6.55. The number of ether oxygens (including phenoxy) is 2. The number of hydrogen-bond acceptors (Lipinski definition) is 6. The molecular weight excluding hydrogens is 278 g/mol. The molecule has 1 N–H and O–H groups in total. The van der Waals surface area contributed by atoms with Gasteiger partial charge in [-0.05, 0) is 20.8 Å². The molecule has 0 saturated carbocycles. The van der Waals surface area contributed by atoms with E-state index in [-0.39, 0.29) is 18.0 Å². The highest BCUT2D eigenvalue weighted by molar-refractivity contribution is 6.05. The van der Waals surface area contributed by atoms with Gasteiger partial charge in [-0.15, -0.1) is 0 Å². The first-order chi connectivity index (χ1) is 9.94. The summed E-state index contributed by atoms with van der Waals surface area (Å²) in [5.41, 5.74) is 0.886. The average Bonchev–Trinajstić information content (AvgIpc) is 2.75. The van der Waals surface area contributed by atoms with Crippen LogP contribution in [-0.4, -0.2) is 41.3 Å². The van der Waals surface area contributed by atoms with Gasteiger partial charge < -0.3 is 14.8 Å². The van der Waals surface area contributed by atoms with Crippen LogP contribution in [0, 0.1) is 6.92 Å². The number of aryl methyl sites for hydroxylation is 2. The molecule has 0 fully saturated rings. The molecular formula is C13H19N3O5. The molecule has 116 valence electrons. The Morgan fingerprint density at radius 2 is 1.95 bits per heavy atom. The highest BCUT2D eigenvalue weighted by Crippen LogP contribution is 2.21. The fourth-order valence-corrected chi connectivity index (χ4v) is 1.75. The number of nitrogens with one attached hydrogen (secondary N) is 1. The number of nitrogens with zero attached hydrogens (tertiary/aromatic N) is 2. The quantitative estimate of drug-likeness (QED) is 0.618. The van der Waals surface area contributed by atoms with E-state index in [1.54, 1.807) is 13.8 Å². The van der Waals surface area contributed by atoms with Crippen molar-refractivity contribution in [2.24, 2.45) is 0 Å². The third kappa shape index (κ3) is 4.04. The zero-order valence-electron chi connectivity index (χ0n) is 12.6. The van der Waals surface area contributed by atoms with E-state index in [9.17, 15) is 14.4 Å². The van der Waals surface area contributed by atoms with Gasteiger partial charge in [-0.2, -0.15) is 5.10 Å². The van der Waals surface area contributed by atoms with E-state index in [2.05, 4.69) is 15.2 Å². The lowest BCUT2D eigenvalue weighted by atomic mass is 10.2. The Kier molecular flexibility index (Phi) is 5.89. The van der Waals surface area contributed by atoms with Crippen molar-refractivity contribution in [3.8, 4) is 0 Å². The van der Waals surface area contributed by atoms with Crippen molar-refractivity contribution in [1.29, 1.82) is 0 Å². The van der Waals surface area contributed by atoms with E-state index in [0.29, 0.717) is 12.2 Å². The smallest absolute Gasteiger partial charge is 0.358 e. The van der Waals surface area contributed by atoms with E-state index in [4.69, 9.17) is 4.74 Å². The van der Waals surface area contributed by atoms with Crippen molar-refractivity contribution in [2.45, 2.75) is 33.7 Å². The number of carbonyl (C=O) groups excluding carboxylic acids is 3. The second kappa shape index (κ2) is 7.41. The number of amides is 1. The van der Waals surface area contributed by atoms with Gasteiger partial charge in [0.05, 0.1) is 25.1 Å². The number of anilines is 1. The molecule has 0 saturated heterocycles. The fraction of sp³-hybridized carbons (Fsp3) is 0.538. The molecule has 21 heavy (non-hydrogen) atoms. The Morgan fingerprint density at radius 1 is 1.29 bits per heavy atom. The lowest BCUT2D eigenvalue weighted by Crippen LogP contribution is -2.20. The third-order valence-electron chi connectivity index (χ3n) is 2.69. The molecule has 1 aromatic heterocycles. The van der Waals surface area contributed by atoms with Crippen LogP contribution in [0.2, 0.25) is 0 Å². The third-order valence-corrected chi connectivity index (χ3v) is 2.69. The molecule has 0 aliphatic carbocycles. The summed E-state index contributed by atoms with van der Waals surface area (Å²) in [6.45, 7) is 5.81. The maximum atomic E-state index is 12.0. The molecule has 1 aromatic rings. The molecule has 0 spiro atoms. The summed E-state index contributed by atoms with van der Waals surface area (Å²) in [5, 5.41) is 6.68. The van der Waals surface area contributed by atoms with Crippen molar-refractivity contribution < 1.29 is 23.9 Å². The van der Waals surface area contributed by atoms with Crippen LogP contribution in [-0.2, 0) is 25.6 Å². The zero-order valence-corrected chi connectivity index (χ0v) is 12.6. The first-order valence-corrected chi connectivity index (χ1v) is 6.55. The Labute approximate surface area is 122 Å².